The SMILES string of the molecule is CC(=O)O[C@@H]([C@@H](C)OC(C)=O)[C@@H](/C=C/c1ccccc1)OC(C)=O. The van der Waals surface area contributed by atoms with Crippen molar-refractivity contribution in [1.29, 1.82) is 0 Å². The van der Waals surface area contributed by atoms with Crippen molar-refractivity contribution < 1.29 is 28.6 Å². The monoisotopic (exact) mass is 334 g/mol. The van der Waals surface area contributed by atoms with Crippen LogP contribution < -0.4 is 0 Å². The first kappa shape index (κ1) is 19.4. The summed E-state index contributed by atoms with van der Waals surface area (Å²) in [7, 11) is 0. The Kier molecular flexibility index (Phi) is 7.68. The minimum atomic E-state index is -0.949. The zero-order valence-electron chi connectivity index (χ0n) is 14.2. The third-order valence-corrected chi connectivity index (χ3v) is 3.02. The third kappa shape index (κ3) is 7.09. The second kappa shape index (κ2) is 9.50. The number of esters is 3. The smallest absolute Gasteiger partial charge is 0.303 e. The fourth-order valence-electron chi connectivity index (χ4n) is 2.13. The molecule has 3 atom stereocenters. The number of hydrogen-bond donors (Lipinski definition) is 0. The molecule has 6 nitrogen and oxygen atoms in total. The first-order valence-corrected chi connectivity index (χ1v) is 7.54. The van der Waals surface area contributed by atoms with Crippen LogP contribution >= 0.6 is 0 Å². The van der Waals surface area contributed by atoms with Gasteiger partial charge in [0.15, 0.2) is 12.2 Å². The first-order chi connectivity index (χ1) is 11.3. The fourth-order valence-corrected chi connectivity index (χ4v) is 2.13. The average Bonchev–Trinajstić information content (AvgIpc) is 2.49. The molecule has 0 aliphatic rings. The highest BCUT2D eigenvalue weighted by atomic mass is 16.6. The van der Waals surface area contributed by atoms with E-state index < -0.39 is 36.2 Å². The van der Waals surface area contributed by atoms with Crippen molar-refractivity contribution in [1.82, 2.24) is 0 Å². The van der Waals surface area contributed by atoms with E-state index in [9.17, 15) is 14.4 Å². The molecule has 0 fully saturated rings. The Bertz CT molecular complexity index is 593. The Balaban J connectivity index is 3.05. The van der Waals surface area contributed by atoms with E-state index in [0.29, 0.717) is 0 Å². The standard InChI is InChI=1S/C18H22O6/c1-12(22-13(2)19)18(24-15(4)21)17(23-14(3)20)11-10-16-8-6-5-7-9-16/h5-12,17-18H,1-4H3/b11-10+/t12-,17-,18+/m1/s1. The molecule has 0 aliphatic carbocycles. The Morgan fingerprint density at radius 3 is 1.92 bits per heavy atom. The molecule has 0 radical (unpaired) electrons. The van der Waals surface area contributed by atoms with E-state index in [1.54, 1.807) is 19.1 Å². The quantitative estimate of drug-likeness (QED) is 0.563. The van der Waals surface area contributed by atoms with Gasteiger partial charge in [0.05, 0.1) is 0 Å². The van der Waals surface area contributed by atoms with Gasteiger partial charge in [-0.25, -0.2) is 0 Å². The van der Waals surface area contributed by atoms with E-state index in [-0.39, 0.29) is 0 Å². The van der Waals surface area contributed by atoms with Crippen molar-refractivity contribution in [3.8, 4) is 0 Å². The molecule has 130 valence electrons. The molecule has 0 saturated heterocycles. The van der Waals surface area contributed by atoms with Gasteiger partial charge in [-0.2, -0.15) is 0 Å². The molecule has 0 aromatic heterocycles. The van der Waals surface area contributed by atoms with Crippen LogP contribution in [0.1, 0.15) is 33.3 Å². The molecule has 0 aliphatic heterocycles. The molecular formula is C18H22O6. The van der Waals surface area contributed by atoms with Crippen LogP contribution in [0.15, 0.2) is 36.4 Å². The molecular weight excluding hydrogens is 312 g/mol. The minimum absolute atomic E-state index is 0.520. The van der Waals surface area contributed by atoms with Gasteiger partial charge in [-0.05, 0) is 18.6 Å². The lowest BCUT2D eigenvalue weighted by Crippen LogP contribution is -2.42. The summed E-state index contributed by atoms with van der Waals surface area (Å²) in [6.07, 6.45) is 0.724. The largest absolute Gasteiger partial charge is 0.459 e. The second-order valence-electron chi connectivity index (χ2n) is 5.23. The van der Waals surface area contributed by atoms with Crippen LogP contribution in [0.2, 0.25) is 0 Å². The Morgan fingerprint density at radius 1 is 0.875 bits per heavy atom. The number of rotatable bonds is 7. The van der Waals surface area contributed by atoms with Crippen LogP contribution in [-0.4, -0.2) is 36.2 Å². The summed E-state index contributed by atoms with van der Waals surface area (Å²) in [5.74, 6) is -1.62. The number of benzene rings is 1. The van der Waals surface area contributed by atoms with E-state index in [2.05, 4.69) is 0 Å². The van der Waals surface area contributed by atoms with Crippen LogP contribution in [0, 0.1) is 0 Å². The molecule has 0 bridgehead atoms. The molecule has 0 amide bonds. The van der Waals surface area contributed by atoms with Gasteiger partial charge in [0, 0.05) is 20.8 Å². The van der Waals surface area contributed by atoms with Crippen molar-refractivity contribution in [2.75, 3.05) is 0 Å². The molecule has 6 heteroatoms. The van der Waals surface area contributed by atoms with Crippen molar-refractivity contribution >= 4 is 24.0 Å². The minimum Gasteiger partial charge on any atom is -0.459 e. The van der Waals surface area contributed by atoms with Crippen LogP contribution in [0.4, 0.5) is 0 Å². The second-order valence-corrected chi connectivity index (χ2v) is 5.23. The van der Waals surface area contributed by atoms with E-state index in [1.165, 1.54) is 20.8 Å². The van der Waals surface area contributed by atoms with Crippen molar-refractivity contribution in [2.24, 2.45) is 0 Å². The van der Waals surface area contributed by atoms with Gasteiger partial charge in [-0.15, -0.1) is 0 Å². The zero-order chi connectivity index (χ0) is 18.1. The van der Waals surface area contributed by atoms with Gasteiger partial charge in [-0.1, -0.05) is 36.4 Å². The van der Waals surface area contributed by atoms with Gasteiger partial charge in [0.2, 0.25) is 0 Å². The summed E-state index contributed by atoms with van der Waals surface area (Å²) in [4.78, 5) is 34.0. The van der Waals surface area contributed by atoms with Crippen LogP contribution in [0.3, 0.4) is 0 Å². The van der Waals surface area contributed by atoms with Gasteiger partial charge in [0.25, 0.3) is 0 Å². The fraction of sp³-hybridized carbons (Fsp3) is 0.389. The highest BCUT2D eigenvalue weighted by Crippen LogP contribution is 2.16. The predicted molar refractivity (Wildman–Crippen MR) is 87.8 cm³/mol. The normalized spacial score (nSPS) is 14.5. The molecule has 0 spiro atoms. The highest BCUT2D eigenvalue weighted by molar-refractivity contribution is 5.68. The Hall–Kier alpha value is -2.63. The first-order valence-electron chi connectivity index (χ1n) is 7.54. The predicted octanol–water partition coefficient (Wildman–Crippen LogP) is 2.51. The summed E-state index contributed by atoms with van der Waals surface area (Å²) in [5.41, 5.74) is 0.886. The van der Waals surface area contributed by atoms with Gasteiger partial charge >= 0.3 is 17.9 Å². The van der Waals surface area contributed by atoms with E-state index in [0.717, 1.165) is 5.56 Å². The molecule has 24 heavy (non-hydrogen) atoms. The summed E-state index contributed by atoms with van der Waals surface area (Å²) in [6.45, 7) is 5.31. The molecule has 0 heterocycles. The van der Waals surface area contributed by atoms with Crippen LogP contribution in [-0.2, 0) is 28.6 Å². The molecule has 1 aromatic rings. The van der Waals surface area contributed by atoms with Crippen molar-refractivity contribution in [3.05, 3.63) is 42.0 Å². The summed E-state index contributed by atoms with van der Waals surface area (Å²) in [6, 6.07) is 9.36. The van der Waals surface area contributed by atoms with Crippen LogP contribution in [0.5, 0.6) is 0 Å². The lowest BCUT2D eigenvalue weighted by atomic mass is 10.1. The zero-order valence-corrected chi connectivity index (χ0v) is 14.2. The average molecular weight is 334 g/mol. The van der Waals surface area contributed by atoms with Gasteiger partial charge in [-0.3, -0.25) is 14.4 Å². The Labute approximate surface area is 141 Å². The summed E-state index contributed by atoms with van der Waals surface area (Å²) < 4.78 is 15.5. The topological polar surface area (TPSA) is 78.9 Å². The van der Waals surface area contributed by atoms with Crippen molar-refractivity contribution in [2.45, 2.75) is 46.0 Å². The third-order valence-electron chi connectivity index (χ3n) is 3.02. The number of hydrogen-bond acceptors (Lipinski definition) is 6. The lowest BCUT2D eigenvalue weighted by Gasteiger charge is -2.28. The molecule has 0 unspecified atom stereocenters. The molecule has 1 rings (SSSR count). The lowest BCUT2D eigenvalue weighted by molar-refractivity contribution is -0.177. The number of ether oxygens (including phenoxy) is 3. The van der Waals surface area contributed by atoms with Gasteiger partial charge < -0.3 is 14.2 Å². The molecule has 1 aromatic carbocycles. The molecule has 0 N–H and O–H groups in total. The maximum Gasteiger partial charge on any atom is 0.303 e. The summed E-state index contributed by atoms with van der Waals surface area (Å²) in [5, 5.41) is 0. The van der Waals surface area contributed by atoms with E-state index in [1.807, 2.05) is 30.3 Å². The maximum absolute atomic E-state index is 11.4. The Morgan fingerprint density at radius 2 is 1.42 bits per heavy atom. The van der Waals surface area contributed by atoms with E-state index in [4.69, 9.17) is 14.2 Å². The van der Waals surface area contributed by atoms with Gasteiger partial charge in [0.1, 0.15) is 6.10 Å². The van der Waals surface area contributed by atoms with E-state index >= 15 is 0 Å². The maximum atomic E-state index is 11.4. The number of carbonyl (C=O) groups is 3. The van der Waals surface area contributed by atoms with Crippen molar-refractivity contribution in [3.63, 3.8) is 0 Å². The van der Waals surface area contributed by atoms with Crippen LogP contribution in [0.25, 0.3) is 6.08 Å². The number of carbonyl (C=O) groups excluding carboxylic acids is 3. The summed E-state index contributed by atoms with van der Waals surface area (Å²) >= 11 is 0. The highest BCUT2D eigenvalue weighted by Gasteiger charge is 2.32. The molecule has 0 saturated carbocycles.